The summed E-state index contributed by atoms with van der Waals surface area (Å²) >= 11 is 0. The molecule has 2 aliphatic heterocycles. The van der Waals surface area contributed by atoms with Gasteiger partial charge in [-0.3, -0.25) is 9.59 Å². The summed E-state index contributed by atoms with van der Waals surface area (Å²) in [6.07, 6.45) is -4.15. The Labute approximate surface area is 322 Å². The van der Waals surface area contributed by atoms with Crippen LogP contribution in [0.5, 0.6) is 0 Å². The van der Waals surface area contributed by atoms with Crippen molar-refractivity contribution in [2.24, 2.45) is 50.2 Å². The summed E-state index contributed by atoms with van der Waals surface area (Å²) in [5.74, 6) is -2.50. The van der Waals surface area contributed by atoms with E-state index in [1.807, 2.05) is 13.0 Å². The van der Waals surface area contributed by atoms with Crippen LogP contribution in [-0.4, -0.2) is 121 Å². The van der Waals surface area contributed by atoms with Crippen LogP contribution in [0, 0.1) is 50.2 Å². The van der Waals surface area contributed by atoms with Gasteiger partial charge in [0.15, 0.2) is 24.5 Å². The standard InChI is InChI=1S/C41H62O14/c1-35(2)23-8-11-40(7)29(22(43)16-20-21-17-37(4,34(49)50)13-12-36(21,3)14-15-39(20,40)6)38(23,5)10-9-24(35)53-32-28(26(45)25(44)27(54-32)31(47)48)55-33-30(46)41(51,18-42)19-52-33/h16,21,23-30,32-33,42,44-46,51H,8-15,17-19H2,1-7H3,(H,47,48)(H,49,50)/t21-,23-,24-,25-,26-,27-,28+,29+,30-,32+,33-,36+,37-,38-,39+,40+,41+/m0/s1. The molecule has 0 aromatic carbocycles. The predicted molar refractivity (Wildman–Crippen MR) is 193 cm³/mol. The number of hydrogen-bond acceptors (Lipinski definition) is 12. The van der Waals surface area contributed by atoms with Crippen molar-refractivity contribution in [2.75, 3.05) is 13.2 Å². The molecule has 0 radical (unpaired) electrons. The van der Waals surface area contributed by atoms with E-state index < -0.39 is 96.2 Å². The Bertz CT molecular complexity index is 1610. The molecule has 7 N–H and O–H groups in total. The molecule has 0 amide bonds. The molecule has 2 heterocycles. The SMILES string of the molecule is CC1(C)[C@@H](O[C@@H]2O[C@H](C(=O)O)[C@@H](O)[C@H](O)[C@H]2O[C@@H]2OC[C@](O)(CO)[C@H]2O)CC[C@]2(C)[C@H]3C(=O)C=C4[C@@H]5C[C@@](C)(C(=O)O)CC[C@]5(C)CC[C@@]4(C)[C@]3(C)CC[C@@H]12. The molecule has 5 aliphatic carbocycles. The van der Waals surface area contributed by atoms with Crippen molar-refractivity contribution in [1.82, 2.24) is 0 Å². The maximum Gasteiger partial charge on any atom is 0.335 e. The second-order valence-corrected chi connectivity index (χ2v) is 20.3. The van der Waals surface area contributed by atoms with Crippen molar-refractivity contribution in [1.29, 1.82) is 0 Å². The molecule has 2 saturated heterocycles. The molecule has 0 aromatic rings. The van der Waals surface area contributed by atoms with Gasteiger partial charge in [-0.05, 0) is 110 Å². The van der Waals surface area contributed by atoms with Crippen LogP contribution < -0.4 is 0 Å². The van der Waals surface area contributed by atoms with Gasteiger partial charge in [-0.25, -0.2) is 4.79 Å². The number of carboxylic acids is 2. The smallest absolute Gasteiger partial charge is 0.335 e. The summed E-state index contributed by atoms with van der Waals surface area (Å²) < 4.78 is 23.7. The number of carbonyl (C=O) groups excluding carboxylic acids is 1. The quantitative estimate of drug-likeness (QED) is 0.185. The zero-order valence-electron chi connectivity index (χ0n) is 33.2. The fourth-order valence-electron chi connectivity index (χ4n) is 13.1. The van der Waals surface area contributed by atoms with Crippen LogP contribution in [0.3, 0.4) is 0 Å². The molecule has 0 aromatic heterocycles. The van der Waals surface area contributed by atoms with E-state index in [4.69, 9.17) is 18.9 Å². The number of fused-ring (bicyclic) bond motifs is 7. The number of aliphatic hydroxyl groups excluding tert-OH is 4. The van der Waals surface area contributed by atoms with E-state index in [2.05, 4.69) is 41.5 Å². The molecule has 55 heavy (non-hydrogen) atoms. The van der Waals surface area contributed by atoms with Crippen LogP contribution >= 0.6 is 0 Å². The molecule has 0 spiro atoms. The highest BCUT2D eigenvalue weighted by Gasteiger charge is 2.71. The summed E-state index contributed by atoms with van der Waals surface area (Å²) in [5, 5.41) is 72.9. The van der Waals surface area contributed by atoms with Gasteiger partial charge in [0.2, 0.25) is 0 Å². The Balaban J connectivity index is 1.17. The van der Waals surface area contributed by atoms with Gasteiger partial charge in [0, 0.05) is 5.92 Å². The van der Waals surface area contributed by atoms with Crippen molar-refractivity contribution >= 4 is 17.7 Å². The number of ether oxygens (including phenoxy) is 4. The van der Waals surface area contributed by atoms with Crippen LogP contribution in [0.25, 0.3) is 0 Å². The molecule has 4 saturated carbocycles. The third-order valence-electron chi connectivity index (χ3n) is 17.0. The molecule has 0 unspecified atom stereocenters. The Morgan fingerprint density at radius 1 is 0.873 bits per heavy atom. The summed E-state index contributed by atoms with van der Waals surface area (Å²) in [6.45, 7) is 13.8. The minimum atomic E-state index is -2.04. The largest absolute Gasteiger partial charge is 0.481 e. The van der Waals surface area contributed by atoms with Crippen molar-refractivity contribution < 1.29 is 69.1 Å². The molecule has 310 valence electrons. The van der Waals surface area contributed by atoms with Crippen LogP contribution in [0.1, 0.15) is 106 Å². The van der Waals surface area contributed by atoms with E-state index in [1.54, 1.807) is 0 Å². The van der Waals surface area contributed by atoms with E-state index in [-0.39, 0.29) is 39.8 Å². The third-order valence-corrected chi connectivity index (χ3v) is 17.0. The molecule has 6 fully saturated rings. The molecule has 0 bridgehead atoms. The molecular weight excluding hydrogens is 716 g/mol. The normalized spacial score (nSPS) is 53.3. The van der Waals surface area contributed by atoms with E-state index in [0.717, 1.165) is 37.7 Å². The molecule has 7 aliphatic rings. The van der Waals surface area contributed by atoms with Gasteiger partial charge in [-0.15, -0.1) is 0 Å². The van der Waals surface area contributed by atoms with Crippen molar-refractivity contribution in [2.45, 2.75) is 161 Å². The monoisotopic (exact) mass is 778 g/mol. The lowest BCUT2D eigenvalue weighted by molar-refractivity contribution is -0.349. The van der Waals surface area contributed by atoms with E-state index in [1.165, 1.54) is 0 Å². The third kappa shape index (κ3) is 5.85. The average molecular weight is 779 g/mol. The highest BCUT2D eigenvalue weighted by molar-refractivity contribution is 5.95. The number of aliphatic carboxylic acids is 2. The molecule has 17 atom stereocenters. The second-order valence-electron chi connectivity index (χ2n) is 20.3. The van der Waals surface area contributed by atoms with Gasteiger partial charge in [0.1, 0.15) is 30.0 Å². The number of rotatable bonds is 7. The predicted octanol–water partition coefficient (Wildman–Crippen LogP) is 2.79. The van der Waals surface area contributed by atoms with Gasteiger partial charge >= 0.3 is 11.9 Å². The molecule has 14 heteroatoms. The van der Waals surface area contributed by atoms with Crippen molar-refractivity contribution in [3.8, 4) is 0 Å². The Hall–Kier alpha value is -2.01. The lowest BCUT2D eigenvalue weighted by Gasteiger charge is -2.70. The number of carboxylic acid groups (broad SMARTS) is 2. The maximum atomic E-state index is 14.8. The number of hydrogen-bond donors (Lipinski definition) is 7. The van der Waals surface area contributed by atoms with Gasteiger partial charge in [0.25, 0.3) is 0 Å². The summed E-state index contributed by atoms with van der Waals surface area (Å²) in [4.78, 5) is 39.4. The van der Waals surface area contributed by atoms with E-state index in [0.29, 0.717) is 25.7 Å². The number of allylic oxidation sites excluding steroid dienone is 2. The number of carbonyl (C=O) groups is 3. The zero-order valence-corrected chi connectivity index (χ0v) is 33.2. The highest BCUT2D eigenvalue weighted by atomic mass is 16.8. The van der Waals surface area contributed by atoms with E-state index in [9.17, 15) is 50.1 Å². The van der Waals surface area contributed by atoms with Gasteiger partial charge in [-0.2, -0.15) is 0 Å². The number of aliphatic hydroxyl groups is 5. The highest BCUT2D eigenvalue weighted by Crippen LogP contribution is 2.75. The van der Waals surface area contributed by atoms with Gasteiger partial charge < -0.3 is 54.7 Å². The maximum absolute atomic E-state index is 14.8. The first-order valence-corrected chi connectivity index (χ1v) is 20.1. The minimum Gasteiger partial charge on any atom is -0.481 e. The Morgan fingerprint density at radius 3 is 2.16 bits per heavy atom. The van der Waals surface area contributed by atoms with Crippen LogP contribution in [0.4, 0.5) is 0 Å². The van der Waals surface area contributed by atoms with Crippen molar-refractivity contribution in [3.05, 3.63) is 11.6 Å². The van der Waals surface area contributed by atoms with E-state index >= 15 is 0 Å². The Kier molecular flexibility index (Phi) is 9.92. The lowest BCUT2D eigenvalue weighted by Crippen LogP contribution is -2.67. The lowest BCUT2D eigenvalue weighted by atomic mass is 9.33. The number of ketones is 1. The minimum absolute atomic E-state index is 0.0104. The first-order chi connectivity index (χ1) is 25.4. The molecular formula is C41H62O14. The summed E-state index contributed by atoms with van der Waals surface area (Å²) in [5.41, 5.74) is -3.52. The van der Waals surface area contributed by atoms with Gasteiger partial charge in [0.05, 0.1) is 24.7 Å². The van der Waals surface area contributed by atoms with Crippen LogP contribution in [0.15, 0.2) is 11.6 Å². The van der Waals surface area contributed by atoms with Crippen LogP contribution in [0.2, 0.25) is 0 Å². The summed E-state index contributed by atoms with van der Waals surface area (Å²) in [6, 6.07) is 0. The topological polar surface area (TPSA) is 230 Å². The fourth-order valence-corrected chi connectivity index (χ4v) is 13.1. The second kappa shape index (κ2) is 13.3. The molecule has 7 rings (SSSR count). The average Bonchev–Trinajstić information content (AvgIpc) is 3.39. The van der Waals surface area contributed by atoms with Crippen molar-refractivity contribution in [3.63, 3.8) is 0 Å². The first kappa shape index (κ1) is 41.2. The fraction of sp³-hybridized carbons (Fsp3) is 0.878. The Morgan fingerprint density at radius 2 is 1.55 bits per heavy atom. The summed E-state index contributed by atoms with van der Waals surface area (Å²) in [7, 11) is 0. The van der Waals surface area contributed by atoms with Gasteiger partial charge in [-0.1, -0.05) is 47.1 Å². The first-order valence-electron chi connectivity index (χ1n) is 20.1. The van der Waals surface area contributed by atoms with Crippen LogP contribution in [-0.2, 0) is 33.3 Å². The molecule has 14 nitrogen and oxygen atoms in total. The zero-order chi connectivity index (χ0) is 40.5.